The average Bonchev–Trinajstić information content (AvgIpc) is 2.77. The van der Waals surface area contributed by atoms with Crippen molar-refractivity contribution < 1.29 is 14.0 Å². The van der Waals surface area contributed by atoms with Gasteiger partial charge in [0.1, 0.15) is 0 Å². The highest BCUT2D eigenvalue weighted by Crippen LogP contribution is 2.19. The number of furan rings is 1. The third-order valence-corrected chi connectivity index (χ3v) is 2.62. The number of carbonyl (C=O) groups is 2. The molecule has 0 saturated heterocycles. The molecule has 0 saturated carbocycles. The topological polar surface area (TPSA) is 71.3 Å². The van der Waals surface area contributed by atoms with Gasteiger partial charge in [-0.3, -0.25) is 9.59 Å². The molecule has 6 heteroatoms. The molecule has 0 unspecified atom stereocenters. The van der Waals surface area contributed by atoms with Crippen molar-refractivity contribution in [2.45, 2.75) is 6.92 Å². The smallest absolute Gasteiger partial charge is 0.260 e. The van der Waals surface area contributed by atoms with Crippen molar-refractivity contribution in [1.29, 1.82) is 0 Å². The third kappa shape index (κ3) is 3.35. The summed E-state index contributed by atoms with van der Waals surface area (Å²) in [7, 11) is 0. The molecule has 19 heavy (non-hydrogen) atoms. The van der Waals surface area contributed by atoms with Gasteiger partial charge in [0.15, 0.2) is 0 Å². The molecule has 1 aromatic heterocycles. The number of carbonyl (C=O) groups excluding carboxylic acids is 2. The van der Waals surface area contributed by atoms with E-state index >= 15 is 0 Å². The van der Waals surface area contributed by atoms with E-state index in [1.54, 1.807) is 24.3 Å². The molecule has 0 aliphatic rings. The molecule has 0 spiro atoms. The second-order valence-electron chi connectivity index (χ2n) is 3.82. The van der Waals surface area contributed by atoms with Crippen LogP contribution in [0.2, 0.25) is 5.22 Å². The number of amides is 2. The molecule has 1 heterocycles. The van der Waals surface area contributed by atoms with E-state index in [1.165, 1.54) is 19.3 Å². The molecule has 0 bridgehead atoms. The predicted octanol–water partition coefficient (Wildman–Crippen LogP) is 3.14. The van der Waals surface area contributed by atoms with Gasteiger partial charge >= 0.3 is 0 Å². The van der Waals surface area contributed by atoms with Crippen LogP contribution in [0.1, 0.15) is 17.3 Å². The van der Waals surface area contributed by atoms with Crippen LogP contribution in [-0.2, 0) is 4.79 Å². The molecule has 2 N–H and O–H groups in total. The molecule has 0 atom stereocenters. The minimum atomic E-state index is -0.356. The molecule has 1 aromatic carbocycles. The number of anilines is 2. The Bertz CT molecular complexity index is 605. The molecule has 2 rings (SSSR count). The second kappa shape index (κ2) is 5.58. The first-order chi connectivity index (χ1) is 9.06. The van der Waals surface area contributed by atoms with E-state index in [1.807, 2.05) is 0 Å². The quantitative estimate of drug-likeness (QED) is 0.906. The van der Waals surface area contributed by atoms with Crippen molar-refractivity contribution in [2.24, 2.45) is 0 Å². The van der Waals surface area contributed by atoms with Crippen molar-refractivity contribution in [3.05, 3.63) is 47.4 Å². The standard InChI is InChI=1S/C13H11ClN2O3/c1-8(17)15-9-2-4-10(5-3-9)16-13(18)11-6-7-19-12(11)14/h2-7H,1H3,(H,15,17)(H,16,18). The maximum absolute atomic E-state index is 11.8. The molecule has 0 fully saturated rings. The molecule has 5 nitrogen and oxygen atoms in total. The lowest BCUT2D eigenvalue weighted by atomic mass is 10.2. The summed E-state index contributed by atoms with van der Waals surface area (Å²) >= 11 is 5.71. The fourth-order valence-corrected chi connectivity index (χ4v) is 1.69. The minimum Gasteiger partial charge on any atom is -0.452 e. The molecule has 98 valence electrons. The maximum Gasteiger partial charge on any atom is 0.260 e. The Kier molecular flexibility index (Phi) is 3.87. The maximum atomic E-state index is 11.8. The van der Waals surface area contributed by atoms with Crippen LogP contribution < -0.4 is 10.6 Å². The molecule has 0 aliphatic carbocycles. The van der Waals surface area contributed by atoms with Gasteiger partial charge in [-0.25, -0.2) is 0 Å². The largest absolute Gasteiger partial charge is 0.452 e. The van der Waals surface area contributed by atoms with E-state index in [9.17, 15) is 9.59 Å². The first kappa shape index (κ1) is 13.2. The van der Waals surface area contributed by atoms with Crippen LogP contribution in [0.4, 0.5) is 11.4 Å². The van der Waals surface area contributed by atoms with Crippen LogP contribution in [-0.4, -0.2) is 11.8 Å². The van der Waals surface area contributed by atoms with Crippen molar-refractivity contribution in [3.8, 4) is 0 Å². The van der Waals surface area contributed by atoms with E-state index < -0.39 is 0 Å². The van der Waals surface area contributed by atoms with Crippen LogP contribution >= 0.6 is 11.6 Å². The first-order valence-electron chi connectivity index (χ1n) is 5.48. The Morgan fingerprint density at radius 2 is 1.63 bits per heavy atom. The van der Waals surface area contributed by atoms with Gasteiger partial charge in [0.25, 0.3) is 5.91 Å². The number of rotatable bonds is 3. The number of hydrogen-bond acceptors (Lipinski definition) is 3. The van der Waals surface area contributed by atoms with Crippen LogP contribution in [0.5, 0.6) is 0 Å². The molecule has 2 amide bonds. The molecule has 0 radical (unpaired) electrons. The van der Waals surface area contributed by atoms with Gasteiger partial charge in [-0.15, -0.1) is 0 Å². The van der Waals surface area contributed by atoms with Gasteiger partial charge in [0.05, 0.1) is 11.8 Å². The van der Waals surface area contributed by atoms with Gasteiger partial charge in [-0.1, -0.05) is 0 Å². The Morgan fingerprint density at radius 3 is 2.11 bits per heavy atom. The zero-order chi connectivity index (χ0) is 13.8. The predicted molar refractivity (Wildman–Crippen MR) is 72.4 cm³/mol. The Labute approximate surface area is 114 Å². The normalized spacial score (nSPS) is 10.0. The highest BCUT2D eigenvalue weighted by atomic mass is 35.5. The summed E-state index contributed by atoms with van der Waals surface area (Å²) in [5, 5.41) is 5.35. The summed E-state index contributed by atoms with van der Waals surface area (Å²) in [5.74, 6) is -0.506. The number of benzene rings is 1. The van der Waals surface area contributed by atoms with Gasteiger partial charge in [0.2, 0.25) is 11.1 Å². The monoisotopic (exact) mass is 278 g/mol. The summed E-state index contributed by atoms with van der Waals surface area (Å²) in [5.41, 5.74) is 1.52. The zero-order valence-corrected chi connectivity index (χ0v) is 10.8. The summed E-state index contributed by atoms with van der Waals surface area (Å²) in [6, 6.07) is 8.22. The fraction of sp³-hybridized carbons (Fsp3) is 0.0769. The van der Waals surface area contributed by atoms with E-state index in [-0.39, 0.29) is 22.6 Å². The molecular formula is C13H11ClN2O3. The summed E-state index contributed by atoms with van der Waals surface area (Å²) in [6.45, 7) is 1.43. The molecule has 0 aliphatic heterocycles. The van der Waals surface area contributed by atoms with Gasteiger partial charge in [0, 0.05) is 18.3 Å². The minimum absolute atomic E-state index is 0.0485. The summed E-state index contributed by atoms with van der Waals surface area (Å²) < 4.78 is 4.84. The molecule has 2 aromatic rings. The number of nitrogens with one attached hydrogen (secondary N) is 2. The highest BCUT2D eigenvalue weighted by Gasteiger charge is 2.12. The summed E-state index contributed by atoms with van der Waals surface area (Å²) in [4.78, 5) is 22.7. The van der Waals surface area contributed by atoms with Gasteiger partial charge < -0.3 is 15.1 Å². The first-order valence-corrected chi connectivity index (χ1v) is 5.86. The number of hydrogen-bond donors (Lipinski definition) is 2. The van der Waals surface area contributed by atoms with E-state index in [2.05, 4.69) is 10.6 Å². The third-order valence-electron chi connectivity index (χ3n) is 2.33. The number of halogens is 1. The Hall–Kier alpha value is -2.27. The highest BCUT2D eigenvalue weighted by molar-refractivity contribution is 6.32. The van der Waals surface area contributed by atoms with Crippen molar-refractivity contribution in [2.75, 3.05) is 10.6 Å². The van der Waals surface area contributed by atoms with E-state index in [0.717, 1.165) is 0 Å². The Balaban J connectivity index is 2.06. The van der Waals surface area contributed by atoms with E-state index in [0.29, 0.717) is 11.4 Å². The van der Waals surface area contributed by atoms with Gasteiger partial charge in [-0.2, -0.15) is 0 Å². The van der Waals surface area contributed by atoms with Crippen molar-refractivity contribution in [3.63, 3.8) is 0 Å². The lowest BCUT2D eigenvalue weighted by molar-refractivity contribution is -0.114. The van der Waals surface area contributed by atoms with Crippen molar-refractivity contribution >= 4 is 34.8 Å². The van der Waals surface area contributed by atoms with Crippen LogP contribution in [0.15, 0.2) is 41.0 Å². The SMILES string of the molecule is CC(=O)Nc1ccc(NC(=O)c2ccoc2Cl)cc1. The van der Waals surface area contributed by atoms with Crippen LogP contribution in [0.25, 0.3) is 0 Å². The summed E-state index contributed by atoms with van der Waals surface area (Å²) in [6.07, 6.45) is 1.34. The fourth-order valence-electron chi connectivity index (χ4n) is 1.49. The average molecular weight is 279 g/mol. The second-order valence-corrected chi connectivity index (χ2v) is 4.16. The lowest BCUT2D eigenvalue weighted by Gasteiger charge is -2.06. The zero-order valence-electron chi connectivity index (χ0n) is 10.1. The van der Waals surface area contributed by atoms with Crippen LogP contribution in [0, 0.1) is 0 Å². The van der Waals surface area contributed by atoms with Crippen LogP contribution in [0.3, 0.4) is 0 Å². The van der Waals surface area contributed by atoms with Gasteiger partial charge in [-0.05, 0) is 41.9 Å². The van der Waals surface area contributed by atoms with Crippen molar-refractivity contribution in [1.82, 2.24) is 0 Å². The lowest BCUT2D eigenvalue weighted by Crippen LogP contribution is -2.11. The van der Waals surface area contributed by atoms with E-state index in [4.69, 9.17) is 16.0 Å². The Morgan fingerprint density at radius 1 is 1.05 bits per heavy atom. The molecular weight excluding hydrogens is 268 g/mol.